The number of hydrazine groups is 1. The van der Waals surface area contributed by atoms with Crippen LogP contribution in [0.25, 0.3) is 5.65 Å². The molecule has 3 aromatic heterocycles. The lowest BCUT2D eigenvalue weighted by Crippen LogP contribution is -2.07. The van der Waals surface area contributed by atoms with Crippen molar-refractivity contribution in [3.63, 3.8) is 0 Å². The fraction of sp³-hybridized carbons (Fsp3) is 0.0833. The van der Waals surface area contributed by atoms with Crippen LogP contribution in [-0.2, 0) is 5.75 Å². The van der Waals surface area contributed by atoms with Crippen LogP contribution in [-0.4, -0.2) is 19.6 Å². The minimum Gasteiger partial charge on any atom is -0.324 e. The van der Waals surface area contributed by atoms with Crippen molar-refractivity contribution < 1.29 is 0 Å². The molecule has 3 heterocycles. The highest BCUT2D eigenvalue weighted by molar-refractivity contribution is 7.98. The summed E-state index contributed by atoms with van der Waals surface area (Å²) in [4.78, 5) is 4.29. The number of fused-ring (bicyclic) bond motifs is 1. The van der Waals surface area contributed by atoms with Crippen molar-refractivity contribution in [1.82, 2.24) is 19.6 Å². The van der Waals surface area contributed by atoms with Crippen molar-refractivity contribution in [2.45, 2.75) is 10.9 Å². The maximum atomic E-state index is 5.37. The minimum atomic E-state index is 0.713. The molecular formula is C12H12N6S. The maximum absolute atomic E-state index is 5.37. The molecule has 19 heavy (non-hydrogen) atoms. The van der Waals surface area contributed by atoms with Crippen LogP contribution in [0.2, 0.25) is 0 Å². The summed E-state index contributed by atoms with van der Waals surface area (Å²) < 4.78 is 1.95. The first-order valence-corrected chi connectivity index (χ1v) is 6.69. The van der Waals surface area contributed by atoms with Gasteiger partial charge < -0.3 is 5.43 Å². The number of pyridine rings is 2. The van der Waals surface area contributed by atoms with Crippen molar-refractivity contribution in [2.75, 3.05) is 5.43 Å². The van der Waals surface area contributed by atoms with Gasteiger partial charge in [0.15, 0.2) is 10.8 Å². The Morgan fingerprint density at radius 2 is 2.21 bits per heavy atom. The van der Waals surface area contributed by atoms with E-state index in [1.165, 1.54) is 0 Å². The Bertz CT molecular complexity index is 695. The third-order valence-corrected chi connectivity index (χ3v) is 3.59. The first-order valence-electron chi connectivity index (χ1n) is 5.71. The Balaban J connectivity index is 1.78. The van der Waals surface area contributed by atoms with Gasteiger partial charge in [0.2, 0.25) is 0 Å². The van der Waals surface area contributed by atoms with Gasteiger partial charge in [-0.3, -0.25) is 15.2 Å². The zero-order chi connectivity index (χ0) is 13.1. The number of nitrogens with two attached hydrogens (primary N) is 1. The topological polar surface area (TPSA) is 81.1 Å². The number of thioether (sulfide) groups is 1. The Kier molecular flexibility index (Phi) is 3.30. The van der Waals surface area contributed by atoms with Gasteiger partial charge in [-0.1, -0.05) is 17.8 Å². The van der Waals surface area contributed by atoms with Crippen LogP contribution < -0.4 is 11.3 Å². The third kappa shape index (κ3) is 2.51. The summed E-state index contributed by atoms with van der Waals surface area (Å²) in [5.41, 5.74) is 5.23. The van der Waals surface area contributed by atoms with Gasteiger partial charge in [0.05, 0.1) is 11.4 Å². The molecule has 0 saturated carbocycles. The predicted molar refractivity (Wildman–Crippen MR) is 74.6 cm³/mol. The van der Waals surface area contributed by atoms with E-state index in [9.17, 15) is 0 Å². The molecule has 0 saturated heterocycles. The second-order valence-corrected chi connectivity index (χ2v) is 4.82. The molecule has 0 unspecified atom stereocenters. The standard InChI is InChI=1S/C12H12N6S/c13-15-9-4-5-14-10(7-9)8-19-12-17-16-11-3-1-2-6-18(11)12/h1-7H,8,13H2,(H,14,15). The fourth-order valence-electron chi connectivity index (χ4n) is 1.70. The van der Waals surface area contributed by atoms with Gasteiger partial charge in [-0.25, -0.2) is 0 Å². The summed E-state index contributed by atoms with van der Waals surface area (Å²) in [5.74, 6) is 6.09. The molecule has 3 N–H and O–H groups in total. The van der Waals surface area contributed by atoms with Gasteiger partial charge in [-0.2, -0.15) is 0 Å². The number of anilines is 1. The van der Waals surface area contributed by atoms with Gasteiger partial charge in [0, 0.05) is 18.1 Å². The average molecular weight is 272 g/mol. The van der Waals surface area contributed by atoms with Crippen LogP contribution in [0.15, 0.2) is 47.9 Å². The van der Waals surface area contributed by atoms with Crippen LogP contribution in [0, 0.1) is 0 Å². The van der Waals surface area contributed by atoms with E-state index in [-0.39, 0.29) is 0 Å². The molecule has 7 heteroatoms. The van der Waals surface area contributed by atoms with Crippen molar-refractivity contribution >= 4 is 23.1 Å². The number of nitrogens with zero attached hydrogens (tertiary/aromatic N) is 4. The molecule has 3 rings (SSSR count). The van der Waals surface area contributed by atoms with E-state index in [0.717, 1.165) is 22.2 Å². The maximum Gasteiger partial charge on any atom is 0.195 e. The van der Waals surface area contributed by atoms with E-state index in [1.807, 2.05) is 40.9 Å². The van der Waals surface area contributed by atoms with Crippen molar-refractivity contribution in [3.8, 4) is 0 Å². The molecular weight excluding hydrogens is 260 g/mol. The number of nitrogen functional groups attached to an aromatic ring is 1. The Morgan fingerprint density at radius 3 is 3.11 bits per heavy atom. The lowest BCUT2D eigenvalue weighted by Gasteiger charge is -2.03. The third-order valence-electron chi connectivity index (χ3n) is 2.61. The van der Waals surface area contributed by atoms with Crippen LogP contribution in [0.3, 0.4) is 0 Å². The quantitative estimate of drug-likeness (QED) is 0.427. The molecule has 0 aromatic carbocycles. The summed E-state index contributed by atoms with van der Waals surface area (Å²) in [6, 6.07) is 9.55. The van der Waals surface area contributed by atoms with Gasteiger partial charge in [0.1, 0.15) is 0 Å². The van der Waals surface area contributed by atoms with E-state index in [2.05, 4.69) is 20.6 Å². The second kappa shape index (κ2) is 5.25. The Hall–Kier alpha value is -2.12. The number of rotatable bonds is 4. The summed E-state index contributed by atoms with van der Waals surface area (Å²) in [6.07, 6.45) is 3.68. The predicted octanol–water partition coefficient (Wildman–Crippen LogP) is 1.70. The molecule has 0 spiro atoms. The Morgan fingerprint density at radius 1 is 1.26 bits per heavy atom. The van der Waals surface area contributed by atoms with Crippen LogP contribution in [0.1, 0.15) is 5.69 Å². The van der Waals surface area contributed by atoms with E-state index in [0.29, 0.717) is 5.75 Å². The number of hydrogen-bond acceptors (Lipinski definition) is 6. The largest absolute Gasteiger partial charge is 0.324 e. The number of nitrogens with one attached hydrogen (secondary N) is 1. The fourth-order valence-corrected chi connectivity index (χ4v) is 2.53. The summed E-state index contributed by atoms with van der Waals surface area (Å²) in [6.45, 7) is 0. The normalized spacial score (nSPS) is 10.8. The summed E-state index contributed by atoms with van der Waals surface area (Å²) >= 11 is 1.59. The summed E-state index contributed by atoms with van der Waals surface area (Å²) in [5, 5.41) is 9.12. The molecule has 96 valence electrons. The van der Waals surface area contributed by atoms with Crippen LogP contribution >= 0.6 is 11.8 Å². The molecule has 0 fully saturated rings. The van der Waals surface area contributed by atoms with Gasteiger partial charge in [0.25, 0.3) is 0 Å². The molecule has 0 aliphatic carbocycles. The van der Waals surface area contributed by atoms with E-state index in [1.54, 1.807) is 18.0 Å². The highest BCUT2D eigenvalue weighted by atomic mass is 32.2. The highest BCUT2D eigenvalue weighted by Crippen LogP contribution is 2.21. The van der Waals surface area contributed by atoms with E-state index < -0.39 is 0 Å². The SMILES string of the molecule is NNc1ccnc(CSc2nnc3ccccn23)c1. The van der Waals surface area contributed by atoms with Crippen LogP contribution in [0.5, 0.6) is 0 Å². The lowest BCUT2D eigenvalue weighted by atomic mass is 10.3. The minimum absolute atomic E-state index is 0.713. The smallest absolute Gasteiger partial charge is 0.195 e. The second-order valence-electron chi connectivity index (χ2n) is 3.88. The number of aromatic nitrogens is 4. The molecule has 6 nitrogen and oxygen atoms in total. The summed E-state index contributed by atoms with van der Waals surface area (Å²) in [7, 11) is 0. The van der Waals surface area contributed by atoms with Crippen molar-refractivity contribution in [1.29, 1.82) is 0 Å². The first kappa shape index (κ1) is 11.9. The van der Waals surface area contributed by atoms with E-state index >= 15 is 0 Å². The Labute approximate surface area is 114 Å². The molecule has 0 radical (unpaired) electrons. The lowest BCUT2D eigenvalue weighted by molar-refractivity contribution is 0.920. The highest BCUT2D eigenvalue weighted by Gasteiger charge is 2.06. The van der Waals surface area contributed by atoms with Crippen LogP contribution in [0.4, 0.5) is 5.69 Å². The van der Waals surface area contributed by atoms with Gasteiger partial charge >= 0.3 is 0 Å². The average Bonchev–Trinajstić information content (AvgIpc) is 2.89. The zero-order valence-electron chi connectivity index (χ0n) is 10.0. The first-order chi connectivity index (χ1) is 9.36. The molecule has 0 aliphatic rings. The van der Waals surface area contributed by atoms with E-state index in [4.69, 9.17) is 5.84 Å². The number of hydrogen-bond donors (Lipinski definition) is 2. The van der Waals surface area contributed by atoms with Gasteiger partial charge in [-0.05, 0) is 24.3 Å². The van der Waals surface area contributed by atoms with Crippen molar-refractivity contribution in [2.24, 2.45) is 5.84 Å². The molecule has 0 amide bonds. The van der Waals surface area contributed by atoms with Crippen molar-refractivity contribution in [3.05, 3.63) is 48.4 Å². The molecule has 0 bridgehead atoms. The molecule has 0 atom stereocenters. The van der Waals surface area contributed by atoms with Gasteiger partial charge in [-0.15, -0.1) is 10.2 Å². The monoisotopic (exact) mass is 272 g/mol. The molecule has 0 aliphatic heterocycles. The zero-order valence-corrected chi connectivity index (χ0v) is 10.8. The molecule has 3 aromatic rings.